The Hall–Kier alpha value is -3.64. The van der Waals surface area contributed by atoms with Crippen LogP contribution in [0.5, 0.6) is 0 Å². The zero-order valence-electron chi connectivity index (χ0n) is 20.1. The topological polar surface area (TPSA) is 86.7 Å². The number of rotatable bonds is 7. The van der Waals surface area contributed by atoms with Gasteiger partial charge >= 0.3 is 5.97 Å². The number of hydrogen-bond donors (Lipinski definition) is 2. The lowest BCUT2D eigenvalue weighted by atomic mass is 9.95. The Morgan fingerprint density at radius 3 is 2.33 bits per heavy atom. The minimum absolute atomic E-state index is 0.174. The monoisotopic (exact) mass is 504 g/mol. The van der Waals surface area contributed by atoms with E-state index in [4.69, 9.17) is 11.6 Å². The molecular formula is C29H29ClN2O4. The minimum atomic E-state index is -1.09. The smallest absolute Gasteiger partial charge is 0.326 e. The van der Waals surface area contributed by atoms with Crippen molar-refractivity contribution in [2.75, 3.05) is 13.1 Å². The quantitative estimate of drug-likeness (QED) is 0.475. The minimum Gasteiger partial charge on any atom is -0.480 e. The number of amides is 2. The first-order chi connectivity index (χ1) is 17.3. The number of piperidine rings is 1. The van der Waals surface area contributed by atoms with Crippen molar-refractivity contribution in [3.8, 4) is 11.1 Å². The molecule has 3 aromatic carbocycles. The third kappa shape index (κ3) is 6.32. The van der Waals surface area contributed by atoms with Crippen LogP contribution in [-0.2, 0) is 16.0 Å². The summed E-state index contributed by atoms with van der Waals surface area (Å²) in [6.07, 6.45) is 1.44. The first-order valence-corrected chi connectivity index (χ1v) is 12.4. The summed E-state index contributed by atoms with van der Waals surface area (Å²) in [4.78, 5) is 39.5. The molecule has 0 radical (unpaired) electrons. The first-order valence-electron chi connectivity index (χ1n) is 12.0. The van der Waals surface area contributed by atoms with Gasteiger partial charge in [-0.3, -0.25) is 9.59 Å². The molecule has 7 heteroatoms. The lowest BCUT2D eigenvalue weighted by Crippen LogP contribution is -2.50. The highest BCUT2D eigenvalue weighted by molar-refractivity contribution is 6.30. The molecule has 0 aliphatic carbocycles. The third-order valence-electron chi connectivity index (χ3n) is 6.54. The maximum absolute atomic E-state index is 13.0. The fourth-order valence-corrected chi connectivity index (χ4v) is 4.67. The van der Waals surface area contributed by atoms with E-state index in [1.807, 2.05) is 43.3 Å². The van der Waals surface area contributed by atoms with Gasteiger partial charge in [-0.2, -0.15) is 0 Å². The summed E-state index contributed by atoms with van der Waals surface area (Å²) < 4.78 is 0. The molecule has 186 valence electrons. The number of halogens is 1. The predicted molar refractivity (Wildman–Crippen MR) is 140 cm³/mol. The van der Waals surface area contributed by atoms with Crippen LogP contribution in [0.4, 0.5) is 0 Å². The van der Waals surface area contributed by atoms with Crippen LogP contribution in [0.15, 0.2) is 72.8 Å². The number of carbonyl (C=O) groups excluding carboxylic acids is 2. The number of carboxylic acid groups (broad SMARTS) is 1. The molecule has 3 aromatic rings. The van der Waals surface area contributed by atoms with Gasteiger partial charge in [-0.05, 0) is 54.7 Å². The third-order valence-corrected chi connectivity index (χ3v) is 6.78. The largest absolute Gasteiger partial charge is 0.480 e. The fraction of sp³-hybridized carbons (Fsp3) is 0.276. The second kappa shape index (κ2) is 11.4. The van der Waals surface area contributed by atoms with Crippen molar-refractivity contribution in [2.45, 2.75) is 32.2 Å². The number of carbonyl (C=O) groups is 3. The normalized spacial score (nSPS) is 16.3. The molecule has 1 unspecified atom stereocenters. The number of aryl methyl sites for hydroxylation is 1. The number of nitrogens with zero attached hydrogens (tertiary/aromatic N) is 1. The molecule has 1 fully saturated rings. The number of benzene rings is 3. The van der Waals surface area contributed by atoms with E-state index in [0.717, 1.165) is 16.7 Å². The molecule has 36 heavy (non-hydrogen) atoms. The van der Waals surface area contributed by atoms with Crippen LogP contribution in [0.25, 0.3) is 11.1 Å². The van der Waals surface area contributed by atoms with Gasteiger partial charge in [0, 0.05) is 30.1 Å². The van der Waals surface area contributed by atoms with Gasteiger partial charge < -0.3 is 15.3 Å². The Morgan fingerprint density at radius 1 is 1.03 bits per heavy atom. The first kappa shape index (κ1) is 25.5. The zero-order chi connectivity index (χ0) is 25.7. The molecule has 2 atom stereocenters. The Labute approximate surface area is 215 Å². The number of carboxylic acids is 1. The standard InChI is InChI=1S/C29H29ClN2O4/c1-19-7-11-21(12-8-19)22-13-9-20(10-14-22)16-26(29(35)36)31-27(33)24-5-3-15-32(18-24)28(34)23-4-2-6-25(30)17-23/h2,4,6-14,17,24,26H,3,5,15-16,18H2,1H3,(H,31,33)(H,35,36)/t24?,26-/m0/s1. The predicted octanol–water partition coefficient (Wildman–Crippen LogP) is 4.98. The summed E-state index contributed by atoms with van der Waals surface area (Å²) in [5.41, 5.74) is 4.61. The van der Waals surface area contributed by atoms with E-state index in [-0.39, 0.29) is 24.8 Å². The second-order valence-electron chi connectivity index (χ2n) is 9.27. The van der Waals surface area contributed by atoms with E-state index in [1.165, 1.54) is 5.56 Å². The molecule has 2 N–H and O–H groups in total. The van der Waals surface area contributed by atoms with Crippen molar-refractivity contribution in [1.29, 1.82) is 0 Å². The van der Waals surface area contributed by atoms with Crippen LogP contribution in [-0.4, -0.2) is 46.9 Å². The fourth-order valence-electron chi connectivity index (χ4n) is 4.48. The summed E-state index contributed by atoms with van der Waals surface area (Å²) in [6, 6.07) is 21.6. The molecule has 1 heterocycles. The van der Waals surface area contributed by atoms with Gasteiger partial charge in [0.25, 0.3) is 5.91 Å². The number of likely N-dealkylation sites (tertiary alicyclic amines) is 1. The van der Waals surface area contributed by atoms with Crippen LogP contribution in [0.2, 0.25) is 5.02 Å². The summed E-state index contributed by atoms with van der Waals surface area (Å²) in [5.74, 6) is -2.08. The van der Waals surface area contributed by atoms with Crippen molar-refractivity contribution in [3.05, 3.63) is 94.5 Å². The van der Waals surface area contributed by atoms with E-state index in [9.17, 15) is 19.5 Å². The van der Waals surface area contributed by atoms with Gasteiger partial charge in [-0.25, -0.2) is 4.79 Å². The van der Waals surface area contributed by atoms with Crippen molar-refractivity contribution in [2.24, 2.45) is 5.92 Å². The van der Waals surface area contributed by atoms with Gasteiger partial charge in [-0.15, -0.1) is 0 Å². The summed E-state index contributed by atoms with van der Waals surface area (Å²) in [6.45, 7) is 2.83. The SMILES string of the molecule is Cc1ccc(-c2ccc(C[C@H](NC(=O)C3CCCN(C(=O)c4cccc(Cl)c4)C3)C(=O)O)cc2)cc1. The molecule has 4 rings (SSSR count). The van der Waals surface area contributed by atoms with Crippen molar-refractivity contribution < 1.29 is 19.5 Å². The average molecular weight is 505 g/mol. The molecule has 6 nitrogen and oxygen atoms in total. The van der Waals surface area contributed by atoms with Crippen LogP contribution >= 0.6 is 11.6 Å². The molecule has 1 aliphatic rings. The highest BCUT2D eigenvalue weighted by Gasteiger charge is 2.31. The van der Waals surface area contributed by atoms with Crippen LogP contribution < -0.4 is 5.32 Å². The second-order valence-corrected chi connectivity index (χ2v) is 9.70. The molecule has 1 saturated heterocycles. The summed E-state index contributed by atoms with van der Waals surface area (Å²) in [5, 5.41) is 12.9. The van der Waals surface area contributed by atoms with Gasteiger partial charge in [0.2, 0.25) is 5.91 Å². The van der Waals surface area contributed by atoms with E-state index in [0.29, 0.717) is 30.0 Å². The maximum atomic E-state index is 13.0. The molecular weight excluding hydrogens is 476 g/mol. The Morgan fingerprint density at radius 2 is 1.69 bits per heavy atom. The summed E-state index contributed by atoms with van der Waals surface area (Å²) in [7, 11) is 0. The van der Waals surface area contributed by atoms with Crippen LogP contribution in [0.3, 0.4) is 0 Å². The van der Waals surface area contributed by atoms with Gasteiger partial charge in [-0.1, -0.05) is 71.8 Å². The van der Waals surface area contributed by atoms with Crippen molar-refractivity contribution in [1.82, 2.24) is 10.2 Å². The molecule has 0 spiro atoms. The number of nitrogens with one attached hydrogen (secondary N) is 1. The summed E-state index contributed by atoms with van der Waals surface area (Å²) >= 11 is 6.02. The molecule has 0 aromatic heterocycles. The van der Waals surface area contributed by atoms with Crippen molar-refractivity contribution in [3.63, 3.8) is 0 Å². The number of hydrogen-bond acceptors (Lipinski definition) is 3. The zero-order valence-corrected chi connectivity index (χ0v) is 20.9. The van der Waals surface area contributed by atoms with Crippen LogP contribution in [0.1, 0.15) is 34.3 Å². The maximum Gasteiger partial charge on any atom is 0.326 e. The highest BCUT2D eigenvalue weighted by Crippen LogP contribution is 2.22. The molecule has 0 saturated carbocycles. The molecule has 0 bridgehead atoms. The molecule has 2 amide bonds. The highest BCUT2D eigenvalue weighted by atomic mass is 35.5. The van der Waals surface area contributed by atoms with Gasteiger partial charge in [0.15, 0.2) is 0 Å². The van der Waals surface area contributed by atoms with E-state index < -0.39 is 17.9 Å². The average Bonchev–Trinajstić information content (AvgIpc) is 2.89. The van der Waals surface area contributed by atoms with Crippen LogP contribution in [0, 0.1) is 12.8 Å². The lowest BCUT2D eigenvalue weighted by molar-refractivity contribution is -0.142. The van der Waals surface area contributed by atoms with Gasteiger partial charge in [0.1, 0.15) is 6.04 Å². The Balaban J connectivity index is 1.38. The molecule has 1 aliphatic heterocycles. The van der Waals surface area contributed by atoms with E-state index in [2.05, 4.69) is 17.4 Å². The lowest BCUT2D eigenvalue weighted by Gasteiger charge is -2.32. The van der Waals surface area contributed by atoms with Gasteiger partial charge in [0.05, 0.1) is 5.92 Å². The van der Waals surface area contributed by atoms with E-state index >= 15 is 0 Å². The van der Waals surface area contributed by atoms with Crippen molar-refractivity contribution >= 4 is 29.4 Å². The Bertz CT molecular complexity index is 1240. The van der Waals surface area contributed by atoms with E-state index in [1.54, 1.807) is 29.2 Å². The number of aliphatic carboxylic acids is 1. The Kier molecular flexibility index (Phi) is 8.06.